The summed E-state index contributed by atoms with van der Waals surface area (Å²) in [5.41, 5.74) is 0.890. The molecule has 1 fully saturated rings. The number of pyridine rings is 2. The molecule has 0 radical (unpaired) electrons. The summed E-state index contributed by atoms with van der Waals surface area (Å²) >= 11 is 0. The molecule has 172 valence electrons. The summed E-state index contributed by atoms with van der Waals surface area (Å²) in [4.78, 5) is 25.8. The van der Waals surface area contributed by atoms with Gasteiger partial charge in [0.25, 0.3) is 5.91 Å². The Morgan fingerprint density at radius 3 is 2.42 bits per heavy atom. The highest BCUT2D eigenvalue weighted by molar-refractivity contribution is 6.04. The zero-order valence-electron chi connectivity index (χ0n) is 17.9. The standard InChI is InChI=1S/C24H24F3N5O/c25-24(26,27)19-7-5-18(6-8-19)23(33)30-20-9-10-22(29-16-20)32-13-3-12-31(14-15-32)17-21-4-1-2-11-28-21/h1-2,4-11,16H,3,12-15,17H2,(H,30,33). The number of halogens is 3. The number of hydrogen-bond donors (Lipinski definition) is 1. The quantitative estimate of drug-likeness (QED) is 0.616. The molecule has 1 N–H and O–H groups in total. The lowest BCUT2D eigenvalue weighted by Gasteiger charge is -2.22. The van der Waals surface area contributed by atoms with Crippen LogP contribution in [0.4, 0.5) is 24.7 Å². The third-order valence-electron chi connectivity index (χ3n) is 5.50. The molecule has 1 saturated heterocycles. The summed E-state index contributed by atoms with van der Waals surface area (Å²) < 4.78 is 38.1. The third-order valence-corrected chi connectivity index (χ3v) is 5.50. The van der Waals surface area contributed by atoms with Gasteiger partial charge in [0.2, 0.25) is 0 Å². The number of nitrogens with zero attached hydrogens (tertiary/aromatic N) is 4. The topological polar surface area (TPSA) is 61.4 Å². The highest BCUT2D eigenvalue weighted by Gasteiger charge is 2.30. The Labute approximate surface area is 190 Å². The molecule has 1 aliphatic heterocycles. The molecule has 0 bridgehead atoms. The minimum Gasteiger partial charge on any atom is -0.355 e. The fraction of sp³-hybridized carbons (Fsp3) is 0.292. The Bertz CT molecular complexity index is 1060. The molecule has 3 heterocycles. The normalized spacial score (nSPS) is 15.2. The van der Waals surface area contributed by atoms with Gasteiger partial charge in [0.1, 0.15) is 5.82 Å². The van der Waals surface area contributed by atoms with Crippen LogP contribution in [-0.2, 0) is 12.7 Å². The number of alkyl halides is 3. The first kappa shape index (κ1) is 22.7. The lowest BCUT2D eigenvalue weighted by atomic mass is 10.1. The summed E-state index contributed by atoms with van der Waals surface area (Å²) in [5.74, 6) is 0.334. The predicted molar refractivity (Wildman–Crippen MR) is 120 cm³/mol. The first-order valence-corrected chi connectivity index (χ1v) is 10.7. The molecule has 1 amide bonds. The zero-order chi connectivity index (χ0) is 23.3. The van der Waals surface area contributed by atoms with E-state index in [9.17, 15) is 18.0 Å². The predicted octanol–water partition coefficient (Wildman–Crippen LogP) is 4.46. The average Bonchev–Trinajstić information content (AvgIpc) is 3.05. The molecular formula is C24H24F3N5O. The number of carbonyl (C=O) groups excluding carboxylic acids is 1. The van der Waals surface area contributed by atoms with Gasteiger partial charge < -0.3 is 10.2 Å². The van der Waals surface area contributed by atoms with Crippen molar-refractivity contribution < 1.29 is 18.0 Å². The van der Waals surface area contributed by atoms with E-state index in [0.29, 0.717) is 5.69 Å². The molecule has 6 nitrogen and oxygen atoms in total. The van der Waals surface area contributed by atoms with Crippen LogP contribution < -0.4 is 10.2 Å². The van der Waals surface area contributed by atoms with Crippen molar-refractivity contribution in [1.29, 1.82) is 0 Å². The Kier molecular flexibility index (Phi) is 6.88. The minimum atomic E-state index is -4.43. The van der Waals surface area contributed by atoms with Crippen LogP contribution >= 0.6 is 0 Å². The van der Waals surface area contributed by atoms with Crippen molar-refractivity contribution in [3.8, 4) is 0 Å². The van der Waals surface area contributed by atoms with E-state index in [0.717, 1.165) is 74.9 Å². The summed E-state index contributed by atoms with van der Waals surface area (Å²) in [6.07, 6.45) is -0.0619. The fourth-order valence-electron chi connectivity index (χ4n) is 3.74. The van der Waals surface area contributed by atoms with E-state index in [-0.39, 0.29) is 5.56 Å². The van der Waals surface area contributed by atoms with Gasteiger partial charge in [-0.05, 0) is 55.0 Å². The van der Waals surface area contributed by atoms with Crippen LogP contribution in [0.2, 0.25) is 0 Å². The van der Waals surface area contributed by atoms with Gasteiger partial charge >= 0.3 is 6.18 Å². The second-order valence-corrected chi connectivity index (χ2v) is 7.87. The Hall–Kier alpha value is -3.46. The van der Waals surface area contributed by atoms with Crippen molar-refractivity contribution in [3.63, 3.8) is 0 Å². The lowest BCUT2D eigenvalue weighted by Crippen LogP contribution is -2.31. The average molecular weight is 455 g/mol. The smallest absolute Gasteiger partial charge is 0.355 e. The van der Waals surface area contributed by atoms with E-state index in [2.05, 4.69) is 25.1 Å². The zero-order valence-corrected chi connectivity index (χ0v) is 17.9. The van der Waals surface area contributed by atoms with Gasteiger partial charge in [0.15, 0.2) is 0 Å². The van der Waals surface area contributed by atoms with E-state index in [1.165, 1.54) is 0 Å². The number of amides is 1. The van der Waals surface area contributed by atoms with Gasteiger partial charge in [0, 0.05) is 44.5 Å². The molecule has 1 aliphatic rings. The van der Waals surface area contributed by atoms with Gasteiger partial charge in [-0.1, -0.05) is 6.07 Å². The molecule has 2 aromatic heterocycles. The van der Waals surface area contributed by atoms with Crippen molar-refractivity contribution in [3.05, 3.63) is 83.8 Å². The summed E-state index contributed by atoms with van der Waals surface area (Å²) in [6, 6.07) is 13.6. The molecule has 0 atom stereocenters. The monoisotopic (exact) mass is 455 g/mol. The first-order valence-electron chi connectivity index (χ1n) is 10.7. The molecule has 0 saturated carbocycles. The lowest BCUT2D eigenvalue weighted by molar-refractivity contribution is -0.137. The first-order chi connectivity index (χ1) is 15.9. The molecule has 9 heteroatoms. The van der Waals surface area contributed by atoms with E-state index < -0.39 is 17.6 Å². The second kappa shape index (κ2) is 9.99. The van der Waals surface area contributed by atoms with Crippen LogP contribution in [0.1, 0.15) is 28.0 Å². The van der Waals surface area contributed by atoms with Gasteiger partial charge in [0.05, 0.1) is 23.1 Å². The number of hydrogen-bond acceptors (Lipinski definition) is 5. The van der Waals surface area contributed by atoms with Crippen LogP contribution in [0.15, 0.2) is 67.0 Å². The van der Waals surface area contributed by atoms with E-state index >= 15 is 0 Å². The molecule has 1 aromatic carbocycles. The summed E-state index contributed by atoms with van der Waals surface area (Å²) in [5, 5.41) is 2.68. The van der Waals surface area contributed by atoms with Crippen LogP contribution in [0, 0.1) is 0 Å². The number of benzene rings is 1. The van der Waals surface area contributed by atoms with Gasteiger partial charge in [-0.15, -0.1) is 0 Å². The summed E-state index contributed by atoms with van der Waals surface area (Å²) in [6.45, 7) is 4.40. The van der Waals surface area contributed by atoms with Gasteiger partial charge in [-0.25, -0.2) is 4.98 Å². The molecule has 4 rings (SSSR count). The molecule has 0 unspecified atom stereocenters. The maximum Gasteiger partial charge on any atom is 0.416 e. The van der Waals surface area contributed by atoms with E-state index in [1.807, 2.05) is 24.3 Å². The maximum absolute atomic E-state index is 12.7. The van der Waals surface area contributed by atoms with Crippen LogP contribution in [0.25, 0.3) is 0 Å². The van der Waals surface area contributed by atoms with Crippen LogP contribution in [0.3, 0.4) is 0 Å². The molecule has 3 aromatic rings. The largest absolute Gasteiger partial charge is 0.416 e. The Morgan fingerprint density at radius 2 is 1.76 bits per heavy atom. The molecule has 0 aliphatic carbocycles. The Morgan fingerprint density at radius 1 is 0.939 bits per heavy atom. The number of rotatable bonds is 5. The molecule has 33 heavy (non-hydrogen) atoms. The third kappa shape index (κ3) is 6.07. The maximum atomic E-state index is 12.7. The highest BCUT2D eigenvalue weighted by Crippen LogP contribution is 2.29. The van der Waals surface area contributed by atoms with Crippen molar-refractivity contribution in [2.75, 3.05) is 36.4 Å². The van der Waals surface area contributed by atoms with Crippen LogP contribution in [0.5, 0.6) is 0 Å². The van der Waals surface area contributed by atoms with Crippen molar-refractivity contribution >= 4 is 17.4 Å². The van der Waals surface area contributed by atoms with Crippen molar-refractivity contribution in [2.24, 2.45) is 0 Å². The fourth-order valence-corrected chi connectivity index (χ4v) is 3.74. The SMILES string of the molecule is O=C(Nc1ccc(N2CCCN(Cc3ccccn3)CC2)nc1)c1ccc(C(F)(F)F)cc1. The molecular weight excluding hydrogens is 431 g/mol. The van der Waals surface area contributed by atoms with Gasteiger partial charge in [-0.3, -0.25) is 14.7 Å². The number of carbonyl (C=O) groups is 1. The van der Waals surface area contributed by atoms with Crippen LogP contribution in [-0.4, -0.2) is 47.0 Å². The second-order valence-electron chi connectivity index (χ2n) is 7.87. The number of nitrogens with one attached hydrogen (secondary N) is 1. The van der Waals surface area contributed by atoms with E-state index in [1.54, 1.807) is 18.5 Å². The minimum absolute atomic E-state index is 0.146. The van der Waals surface area contributed by atoms with Crippen molar-refractivity contribution in [1.82, 2.24) is 14.9 Å². The highest BCUT2D eigenvalue weighted by atomic mass is 19.4. The van der Waals surface area contributed by atoms with Crippen molar-refractivity contribution in [2.45, 2.75) is 19.1 Å². The van der Waals surface area contributed by atoms with Gasteiger partial charge in [-0.2, -0.15) is 13.2 Å². The summed E-state index contributed by atoms with van der Waals surface area (Å²) in [7, 11) is 0. The number of aromatic nitrogens is 2. The molecule has 0 spiro atoms. The number of anilines is 2. The van der Waals surface area contributed by atoms with E-state index in [4.69, 9.17) is 0 Å². The Balaban J connectivity index is 1.33.